The number of aliphatic carboxylic acids is 1. The van der Waals surface area contributed by atoms with Gasteiger partial charge in [-0.2, -0.15) is 0 Å². The number of carboxylic acids is 1. The molecule has 0 aliphatic rings. The van der Waals surface area contributed by atoms with Crippen LogP contribution < -0.4 is 0 Å². The quantitative estimate of drug-likeness (QED) is 0.836. The van der Waals surface area contributed by atoms with Crippen LogP contribution in [0.25, 0.3) is 11.0 Å². The lowest BCUT2D eigenvalue weighted by Crippen LogP contribution is -2.12. The standard InChI is InChI=1S/C13H16N2O2/c1-13(2,3)12-14-9-5-4-8(7-11(16)17)6-10(9)15-12/h4-6H,7H2,1-3H3,(H,14,15)(H,16,17). The molecule has 2 N–H and O–H groups in total. The topological polar surface area (TPSA) is 66.0 Å². The Hall–Kier alpha value is -1.84. The minimum Gasteiger partial charge on any atom is -0.481 e. The average molecular weight is 232 g/mol. The molecule has 0 fully saturated rings. The normalized spacial score (nSPS) is 11.9. The maximum Gasteiger partial charge on any atom is 0.307 e. The zero-order chi connectivity index (χ0) is 12.6. The van der Waals surface area contributed by atoms with Crippen LogP contribution in [0.1, 0.15) is 32.2 Å². The molecule has 4 nitrogen and oxygen atoms in total. The van der Waals surface area contributed by atoms with Crippen molar-refractivity contribution in [1.29, 1.82) is 0 Å². The molecule has 0 spiro atoms. The number of fused-ring (bicyclic) bond motifs is 1. The van der Waals surface area contributed by atoms with Crippen LogP contribution in [0.2, 0.25) is 0 Å². The minimum absolute atomic E-state index is 0.0357. The molecule has 1 heterocycles. The molecule has 2 rings (SSSR count). The summed E-state index contributed by atoms with van der Waals surface area (Å²) in [5.74, 6) is 0.0971. The summed E-state index contributed by atoms with van der Waals surface area (Å²) in [4.78, 5) is 18.4. The lowest BCUT2D eigenvalue weighted by Gasteiger charge is -2.13. The van der Waals surface area contributed by atoms with Crippen LogP contribution in [-0.4, -0.2) is 21.0 Å². The van der Waals surface area contributed by atoms with Crippen LogP contribution in [0, 0.1) is 0 Å². The number of H-pyrrole nitrogens is 1. The van der Waals surface area contributed by atoms with E-state index in [9.17, 15) is 4.79 Å². The summed E-state index contributed by atoms with van der Waals surface area (Å²) in [6.45, 7) is 6.26. The Bertz CT molecular complexity index is 564. The molecule has 2 aromatic rings. The number of rotatable bonds is 2. The van der Waals surface area contributed by atoms with E-state index in [1.807, 2.05) is 18.2 Å². The number of carboxylic acid groups (broad SMARTS) is 1. The molecule has 17 heavy (non-hydrogen) atoms. The second-order valence-corrected chi connectivity index (χ2v) is 5.26. The van der Waals surface area contributed by atoms with Gasteiger partial charge in [0.05, 0.1) is 17.5 Å². The number of aromatic amines is 1. The molecule has 0 saturated carbocycles. The number of nitrogens with zero attached hydrogens (tertiary/aromatic N) is 1. The second kappa shape index (κ2) is 3.87. The Kier molecular flexibility index (Phi) is 2.65. The van der Waals surface area contributed by atoms with Crippen molar-refractivity contribution in [3.8, 4) is 0 Å². The van der Waals surface area contributed by atoms with Gasteiger partial charge >= 0.3 is 5.97 Å². The molecule has 0 aliphatic carbocycles. The maximum atomic E-state index is 10.6. The van der Waals surface area contributed by atoms with E-state index in [0.29, 0.717) is 0 Å². The van der Waals surface area contributed by atoms with E-state index in [1.165, 1.54) is 0 Å². The Balaban J connectivity index is 2.44. The Morgan fingerprint density at radius 2 is 2.12 bits per heavy atom. The smallest absolute Gasteiger partial charge is 0.307 e. The van der Waals surface area contributed by atoms with Gasteiger partial charge in [0.15, 0.2) is 0 Å². The highest BCUT2D eigenvalue weighted by molar-refractivity contribution is 5.78. The Labute approximate surface area is 99.7 Å². The molecule has 1 aromatic heterocycles. The number of carbonyl (C=O) groups is 1. The van der Waals surface area contributed by atoms with Gasteiger partial charge in [-0.05, 0) is 17.7 Å². The van der Waals surface area contributed by atoms with Gasteiger partial charge in [0.2, 0.25) is 0 Å². The zero-order valence-electron chi connectivity index (χ0n) is 10.2. The molecule has 0 saturated heterocycles. The fourth-order valence-corrected chi connectivity index (χ4v) is 1.70. The van der Waals surface area contributed by atoms with Crippen molar-refractivity contribution < 1.29 is 9.90 Å². The summed E-state index contributed by atoms with van der Waals surface area (Å²) in [6.07, 6.45) is 0.0415. The van der Waals surface area contributed by atoms with Crippen molar-refractivity contribution in [2.45, 2.75) is 32.6 Å². The highest BCUT2D eigenvalue weighted by Gasteiger charge is 2.18. The number of hydrogen-bond donors (Lipinski definition) is 2. The third kappa shape index (κ3) is 2.46. The molecule has 0 bridgehead atoms. The summed E-state index contributed by atoms with van der Waals surface area (Å²) in [5.41, 5.74) is 2.53. The van der Waals surface area contributed by atoms with E-state index < -0.39 is 5.97 Å². The van der Waals surface area contributed by atoms with Crippen LogP contribution in [0.5, 0.6) is 0 Å². The highest BCUT2D eigenvalue weighted by Crippen LogP contribution is 2.23. The third-order valence-corrected chi connectivity index (χ3v) is 2.61. The molecule has 4 heteroatoms. The van der Waals surface area contributed by atoms with Gasteiger partial charge in [-0.3, -0.25) is 4.79 Å². The van der Waals surface area contributed by atoms with E-state index in [-0.39, 0.29) is 11.8 Å². The monoisotopic (exact) mass is 232 g/mol. The van der Waals surface area contributed by atoms with Crippen molar-refractivity contribution in [2.24, 2.45) is 0 Å². The fraction of sp³-hybridized carbons (Fsp3) is 0.385. The lowest BCUT2D eigenvalue weighted by atomic mass is 9.96. The van der Waals surface area contributed by atoms with Crippen LogP contribution in [0.3, 0.4) is 0 Å². The Morgan fingerprint density at radius 3 is 2.71 bits per heavy atom. The van der Waals surface area contributed by atoms with Gasteiger partial charge in [0.25, 0.3) is 0 Å². The highest BCUT2D eigenvalue weighted by atomic mass is 16.4. The van der Waals surface area contributed by atoms with Crippen molar-refractivity contribution in [3.05, 3.63) is 29.6 Å². The van der Waals surface area contributed by atoms with Gasteiger partial charge in [0, 0.05) is 5.41 Å². The largest absolute Gasteiger partial charge is 0.481 e. The van der Waals surface area contributed by atoms with Gasteiger partial charge < -0.3 is 10.1 Å². The first-order chi connectivity index (χ1) is 7.86. The zero-order valence-corrected chi connectivity index (χ0v) is 10.2. The average Bonchev–Trinajstić information content (AvgIpc) is 2.58. The van der Waals surface area contributed by atoms with Crippen molar-refractivity contribution in [1.82, 2.24) is 9.97 Å². The molecule has 0 radical (unpaired) electrons. The predicted molar refractivity (Wildman–Crippen MR) is 66.1 cm³/mol. The lowest BCUT2D eigenvalue weighted by molar-refractivity contribution is -0.136. The summed E-state index contributed by atoms with van der Waals surface area (Å²) in [5, 5.41) is 8.75. The van der Waals surface area contributed by atoms with E-state index in [0.717, 1.165) is 22.4 Å². The summed E-state index contributed by atoms with van der Waals surface area (Å²) in [7, 11) is 0. The van der Waals surface area contributed by atoms with Crippen molar-refractivity contribution >= 4 is 17.0 Å². The second-order valence-electron chi connectivity index (χ2n) is 5.26. The van der Waals surface area contributed by atoms with Gasteiger partial charge in [-0.15, -0.1) is 0 Å². The van der Waals surface area contributed by atoms with E-state index in [4.69, 9.17) is 5.11 Å². The summed E-state index contributed by atoms with van der Waals surface area (Å²) >= 11 is 0. The number of aromatic nitrogens is 2. The van der Waals surface area contributed by atoms with Crippen LogP contribution >= 0.6 is 0 Å². The summed E-state index contributed by atoms with van der Waals surface area (Å²) < 4.78 is 0. The fourth-order valence-electron chi connectivity index (χ4n) is 1.70. The first-order valence-electron chi connectivity index (χ1n) is 5.57. The SMILES string of the molecule is CC(C)(C)c1nc2ccc(CC(=O)O)cc2[nH]1. The molecule has 90 valence electrons. The molecule has 0 unspecified atom stereocenters. The molecule has 0 atom stereocenters. The van der Waals surface area contributed by atoms with Crippen molar-refractivity contribution in [3.63, 3.8) is 0 Å². The molecule has 0 aliphatic heterocycles. The molecule has 0 amide bonds. The molecular formula is C13H16N2O2. The van der Waals surface area contributed by atoms with Gasteiger partial charge in [-0.25, -0.2) is 4.98 Å². The van der Waals surface area contributed by atoms with Crippen LogP contribution in [0.4, 0.5) is 0 Å². The van der Waals surface area contributed by atoms with E-state index >= 15 is 0 Å². The number of imidazole rings is 1. The first-order valence-corrected chi connectivity index (χ1v) is 5.57. The number of hydrogen-bond acceptors (Lipinski definition) is 2. The minimum atomic E-state index is -0.820. The van der Waals surface area contributed by atoms with Crippen LogP contribution in [-0.2, 0) is 16.6 Å². The molecule has 1 aromatic carbocycles. The third-order valence-electron chi connectivity index (χ3n) is 2.61. The number of nitrogens with one attached hydrogen (secondary N) is 1. The van der Waals surface area contributed by atoms with Crippen molar-refractivity contribution in [2.75, 3.05) is 0 Å². The first kappa shape index (κ1) is 11.6. The van der Waals surface area contributed by atoms with E-state index in [1.54, 1.807) is 0 Å². The van der Waals surface area contributed by atoms with Gasteiger partial charge in [-0.1, -0.05) is 26.8 Å². The van der Waals surface area contributed by atoms with Gasteiger partial charge in [0.1, 0.15) is 5.82 Å². The Morgan fingerprint density at radius 1 is 1.41 bits per heavy atom. The predicted octanol–water partition coefficient (Wildman–Crippen LogP) is 2.49. The summed E-state index contributed by atoms with van der Waals surface area (Å²) in [6, 6.07) is 5.52. The van der Waals surface area contributed by atoms with Crippen LogP contribution in [0.15, 0.2) is 18.2 Å². The number of benzene rings is 1. The maximum absolute atomic E-state index is 10.6. The molecular weight excluding hydrogens is 216 g/mol. The van der Waals surface area contributed by atoms with E-state index in [2.05, 4.69) is 30.7 Å².